The summed E-state index contributed by atoms with van der Waals surface area (Å²) in [6.45, 7) is 7.38. The van der Waals surface area contributed by atoms with Gasteiger partial charge in [-0.25, -0.2) is 9.59 Å². The zero-order valence-corrected chi connectivity index (χ0v) is 15.4. The number of benzene rings is 1. The Labute approximate surface area is 152 Å². The SMILES string of the molecule is COc1cc(C(=O)O)c(C=O)cc1N1CCN(C(=O)OC(C)(C)C)CC1. The Bertz CT molecular complexity index is 702. The standard InChI is InChI=1S/C18H24N2O6/c1-18(2,3)26-17(24)20-7-5-19(6-8-20)14-9-12(11-21)13(16(22)23)10-15(14)25-4/h9-11H,5-8H2,1-4H3,(H,22,23). The van der Waals surface area contributed by atoms with Gasteiger partial charge in [-0.1, -0.05) is 0 Å². The third kappa shape index (κ3) is 4.44. The van der Waals surface area contributed by atoms with Crippen LogP contribution in [-0.4, -0.2) is 67.2 Å². The van der Waals surface area contributed by atoms with Crippen molar-refractivity contribution in [2.24, 2.45) is 0 Å². The highest BCUT2D eigenvalue weighted by atomic mass is 16.6. The van der Waals surface area contributed by atoms with Crippen LogP contribution in [-0.2, 0) is 4.74 Å². The molecular weight excluding hydrogens is 340 g/mol. The zero-order valence-electron chi connectivity index (χ0n) is 15.4. The number of hydrogen-bond acceptors (Lipinski definition) is 6. The van der Waals surface area contributed by atoms with Gasteiger partial charge in [-0.2, -0.15) is 0 Å². The van der Waals surface area contributed by atoms with E-state index in [-0.39, 0.29) is 17.2 Å². The van der Waals surface area contributed by atoms with E-state index in [0.29, 0.717) is 43.9 Å². The van der Waals surface area contributed by atoms with E-state index in [0.717, 1.165) is 0 Å². The number of rotatable bonds is 4. The number of aromatic carboxylic acids is 1. The van der Waals surface area contributed by atoms with Crippen molar-refractivity contribution >= 4 is 24.0 Å². The molecule has 0 unspecified atom stereocenters. The van der Waals surface area contributed by atoms with Crippen molar-refractivity contribution < 1.29 is 29.0 Å². The Kier molecular flexibility index (Phi) is 5.74. The minimum atomic E-state index is -1.19. The number of methoxy groups -OCH3 is 1. The molecule has 1 aromatic carbocycles. The molecule has 1 aliphatic rings. The maximum absolute atomic E-state index is 12.1. The number of carboxylic acids is 1. The molecular formula is C18H24N2O6. The van der Waals surface area contributed by atoms with Gasteiger partial charge in [-0.15, -0.1) is 0 Å². The van der Waals surface area contributed by atoms with E-state index in [4.69, 9.17) is 9.47 Å². The van der Waals surface area contributed by atoms with Gasteiger partial charge in [0.1, 0.15) is 11.4 Å². The van der Waals surface area contributed by atoms with E-state index in [1.165, 1.54) is 19.2 Å². The summed E-state index contributed by atoms with van der Waals surface area (Å²) >= 11 is 0. The van der Waals surface area contributed by atoms with Crippen molar-refractivity contribution in [1.82, 2.24) is 4.90 Å². The lowest BCUT2D eigenvalue weighted by Gasteiger charge is -2.37. The minimum Gasteiger partial charge on any atom is -0.495 e. The second kappa shape index (κ2) is 7.63. The molecule has 0 atom stereocenters. The first-order valence-corrected chi connectivity index (χ1v) is 8.29. The van der Waals surface area contributed by atoms with Crippen LogP contribution in [0.3, 0.4) is 0 Å². The third-order valence-corrected chi connectivity index (χ3v) is 3.98. The summed E-state index contributed by atoms with van der Waals surface area (Å²) in [7, 11) is 1.45. The van der Waals surface area contributed by atoms with Gasteiger partial charge in [0.15, 0.2) is 6.29 Å². The fourth-order valence-corrected chi connectivity index (χ4v) is 2.73. The Balaban J connectivity index is 2.17. The van der Waals surface area contributed by atoms with Crippen molar-refractivity contribution in [1.29, 1.82) is 0 Å². The minimum absolute atomic E-state index is 0.0860. The Morgan fingerprint density at radius 1 is 1.15 bits per heavy atom. The van der Waals surface area contributed by atoms with Crippen LogP contribution in [0.1, 0.15) is 41.5 Å². The maximum atomic E-state index is 12.1. The largest absolute Gasteiger partial charge is 0.495 e. The predicted octanol–water partition coefficient (Wildman–Crippen LogP) is 2.26. The van der Waals surface area contributed by atoms with E-state index < -0.39 is 11.6 Å². The molecule has 2 rings (SSSR count). The Morgan fingerprint density at radius 3 is 2.23 bits per heavy atom. The highest BCUT2D eigenvalue weighted by Gasteiger charge is 2.27. The first-order valence-electron chi connectivity index (χ1n) is 8.29. The summed E-state index contributed by atoms with van der Waals surface area (Å²) in [5.41, 5.74) is 0.0578. The van der Waals surface area contributed by atoms with Crippen LogP contribution in [0.5, 0.6) is 5.75 Å². The second-order valence-electron chi connectivity index (χ2n) is 6.99. The molecule has 1 aromatic rings. The van der Waals surface area contributed by atoms with Gasteiger partial charge < -0.3 is 24.4 Å². The molecule has 0 bridgehead atoms. The van der Waals surface area contributed by atoms with Gasteiger partial charge >= 0.3 is 12.1 Å². The molecule has 1 N–H and O–H groups in total. The van der Waals surface area contributed by atoms with Crippen molar-refractivity contribution in [3.63, 3.8) is 0 Å². The van der Waals surface area contributed by atoms with Crippen LogP contribution in [0.15, 0.2) is 12.1 Å². The van der Waals surface area contributed by atoms with Crippen LogP contribution in [0.4, 0.5) is 10.5 Å². The molecule has 1 fully saturated rings. The molecule has 26 heavy (non-hydrogen) atoms. The molecule has 1 heterocycles. The Morgan fingerprint density at radius 2 is 1.77 bits per heavy atom. The molecule has 0 aromatic heterocycles. The van der Waals surface area contributed by atoms with Crippen molar-refractivity contribution in [2.45, 2.75) is 26.4 Å². The van der Waals surface area contributed by atoms with Gasteiger partial charge in [0.2, 0.25) is 0 Å². The van der Waals surface area contributed by atoms with Gasteiger partial charge in [-0.3, -0.25) is 4.79 Å². The molecule has 1 saturated heterocycles. The summed E-state index contributed by atoms with van der Waals surface area (Å²) in [5, 5.41) is 9.22. The Hall–Kier alpha value is -2.77. The van der Waals surface area contributed by atoms with Crippen LogP contribution in [0.25, 0.3) is 0 Å². The fourth-order valence-electron chi connectivity index (χ4n) is 2.73. The third-order valence-electron chi connectivity index (χ3n) is 3.98. The molecule has 1 aliphatic heterocycles. The lowest BCUT2D eigenvalue weighted by molar-refractivity contribution is 0.0240. The average Bonchev–Trinajstić information content (AvgIpc) is 2.59. The number of piperazine rings is 1. The molecule has 8 heteroatoms. The first-order chi connectivity index (χ1) is 12.2. The highest BCUT2D eigenvalue weighted by Crippen LogP contribution is 2.32. The smallest absolute Gasteiger partial charge is 0.410 e. The van der Waals surface area contributed by atoms with Gasteiger partial charge in [0.25, 0.3) is 0 Å². The van der Waals surface area contributed by atoms with Crippen molar-refractivity contribution in [2.75, 3.05) is 38.2 Å². The van der Waals surface area contributed by atoms with E-state index in [1.807, 2.05) is 25.7 Å². The normalized spacial score (nSPS) is 14.8. The number of aldehydes is 1. The van der Waals surface area contributed by atoms with Crippen LogP contribution in [0.2, 0.25) is 0 Å². The quantitative estimate of drug-likeness (QED) is 0.819. The number of carboxylic acid groups (broad SMARTS) is 1. The maximum Gasteiger partial charge on any atom is 0.410 e. The summed E-state index contributed by atoms with van der Waals surface area (Å²) in [6.07, 6.45) is 0.155. The van der Waals surface area contributed by atoms with Crippen molar-refractivity contribution in [3.05, 3.63) is 23.3 Å². The lowest BCUT2D eigenvalue weighted by atomic mass is 10.1. The van der Waals surface area contributed by atoms with E-state index in [2.05, 4.69) is 0 Å². The zero-order chi connectivity index (χ0) is 19.5. The van der Waals surface area contributed by atoms with Crippen LogP contribution >= 0.6 is 0 Å². The van der Waals surface area contributed by atoms with Gasteiger partial charge in [0.05, 0.1) is 18.4 Å². The van der Waals surface area contributed by atoms with Crippen LogP contribution in [0, 0.1) is 0 Å². The van der Waals surface area contributed by atoms with Crippen molar-refractivity contribution in [3.8, 4) is 5.75 Å². The summed E-state index contributed by atoms with van der Waals surface area (Å²) in [6, 6.07) is 2.86. The average molecular weight is 364 g/mol. The molecule has 1 amide bonds. The topological polar surface area (TPSA) is 96.4 Å². The molecule has 142 valence electrons. The number of carbonyl (C=O) groups is 3. The fraction of sp³-hybridized carbons (Fsp3) is 0.500. The van der Waals surface area contributed by atoms with Gasteiger partial charge in [-0.05, 0) is 32.9 Å². The lowest BCUT2D eigenvalue weighted by Crippen LogP contribution is -2.50. The van der Waals surface area contributed by atoms with Gasteiger partial charge in [0, 0.05) is 31.7 Å². The van der Waals surface area contributed by atoms with E-state index in [1.54, 1.807) is 4.90 Å². The van der Waals surface area contributed by atoms with E-state index >= 15 is 0 Å². The number of ether oxygens (including phenoxy) is 2. The molecule has 0 saturated carbocycles. The monoisotopic (exact) mass is 364 g/mol. The van der Waals surface area contributed by atoms with E-state index in [9.17, 15) is 19.5 Å². The summed E-state index contributed by atoms with van der Waals surface area (Å²) < 4.78 is 10.7. The second-order valence-corrected chi connectivity index (χ2v) is 6.99. The summed E-state index contributed by atoms with van der Waals surface area (Å²) in [5.74, 6) is -0.814. The molecule has 0 spiro atoms. The number of anilines is 1. The first kappa shape index (κ1) is 19.6. The van der Waals surface area contributed by atoms with Crippen LogP contribution < -0.4 is 9.64 Å². The number of amides is 1. The number of hydrogen-bond donors (Lipinski definition) is 1. The molecule has 0 radical (unpaired) electrons. The summed E-state index contributed by atoms with van der Waals surface area (Å²) in [4.78, 5) is 38.3. The molecule has 8 nitrogen and oxygen atoms in total. The number of nitrogens with zero attached hydrogens (tertiary/aromatic N) is 2. The number of carbonyl (C=O) groups excluding carboxylic acids is 2. The highest BCUT2D eigenvalue weighted by molar-refractivity contribution is 5.99. The molecule has 0 aliphatic carbocycles. The predicted molar refractivity (Wildman–Crippen MR) is 95.4 cm³/mol.